The van der Waals surface area contributed by atoms with Crippen molar-refractivity contribution in [1.29, 1.82) is 0 Å². The highest BCUT2D eigenvalue weighted by atomic mass is 19.4. The average Bonchev–Trinajstić information content (AvgIpc) is 2.47. The molecule has 25 heavy (non-hydrogen) atoms. The van der Waals surface area contributed by atoms with Crippen molar-refractivity contribution in [3.8, 4) is 0 Å². The monoisotopic (exact) mass is 395 g/mol. The maximum absolute atomic E-state index is 12.6. The molecule has 1 rings (SSSR count). The molecule has 1 aliphatic heterocycles. The van der Waals surface area contributed by atoms with Crippen LogP contribution in [0.3, 0.4) is 0 Å². The van der Waals surface area contributed by atoms with Crippen LogP contribution in [0.15, 0.2) is 0 Å². The van der Waals surface area contributed by atoms with E-state index in [1.54, 1.807) is 0 Å². The van der Waals surface area contributed by atoms with E-state index in [-0.39, 0.29) is 0 Å². The van der Waals surface area contributed by atoms with Crippen LogP contribution in [0.5, 0.6) is 0 Å². The fraction of sp³-hybridized carbons (Fsp3) is 0.909. The molecule has 0 spiro atoms. The minimum absolute atomic E-state index is 1.25. The molecule has 0 bridgehead atoms. The molecule has 1 heterocycles. The standard InChI is InChI=1S/C6H3F9O4.C5H11N/c7-3(8,2(18,19)1(16)17)4(9,10)5(11,12)6(13,14)15;1-2-4-6-5-3-1/h18-19H,(H,16,17);6H,1-5H2. The molecule has 0 aromatic carbocycles. The van der Waals surface area contributed by atoms with Gasteiger partial charge in [0.05, 0.1) is 0 Å². The van der Waals surface area contributed by atoms with Gasteiger partial charge >= 0.3 is 35.7 Å². The largest absolute Gasteiger partial charge is 0.477 e. The van der Waals surface area contributed by atoms with Gasteiger partial charge in [-0.25, -0.2) is 4.79 Å². The fourth-order valence-corrected chi connectivity index (χ4v) is 1.53. The molecule has 0 unspecified atom stereocenters. The molecule has 0 amide bonds. The summed E-state index contributed by atoms with van der Waals surface area (Å²) in [5.74, 6) is -31.3. The third-order valence-electron chi connectivity index (χ3n) is 3.09. The molecular formula is C11H14F9NO4. The van der Waals surface area contributed by atoms with Gasteiger partial charge in [-0.15, -0.1) is 0 Å². The van der Waals surface area contributed by atoms with Gasteiger partial charge in [0.25, 0.3) is 0 Å². The minimum atomic E-state index is -7.43. The summed E-state index contributed by atoms with van der Waals surface area (Å²) in [5, 5.41) is 27.3. The molecule has 0 saturated carbocycles. The fourth-order valence-electron chi connectivity index (χ4n) is 1.53. The SMILES string of the molecule is C1CCNCC1.O=C(O)C(O)(O)C(F)(F)C(F)(F)C(F)(F)C(F)(F)F. The smallest absolute Gasteiger partial charge is 0.460 e. The number of hydrogen-bond acceptors (Lipinski definition) is 4. The van der Waals surface area contributed by atoms with Gasteiger partial charge in [-0.3, -0.25) is 0 Å². The van der Waals surface area contributed by atoms with Crippen molar-refractivity contribution in [3.05, 3.63) is 0 Å². The first-order valence-corrected chi connectivity index (χ1v) is 6.53. The zero-order chi connectivity index (χ0) is 20.3. The molecule has 5 nitrogen and oxygen atoms in total. The van der Waals surface area contributed by atoms with Gasteiger partial charge in [0.15, 0.2) is 0 Å². The second kappa shape index (κ2) is 7.53. The highest BCUT2D eigenvalue weighted by Crippen LogP contribution is 2.55. The normalized spacial score (nSPS) is 17.6. The molecule has 4 N–H and O–H groups in total. The lowest BCUT2D eigenvalue weighted by Crippen LogP contribution is -2.70. The predicted molar refractivity (Wildman–Crippen MR) is 62.4 cm³/mol. The van der Waals surface area contributed by atoms with Gasteiger partial charge in [0.2, 0.25) is 0 Å². The Morgan fingerprint density at radius 3 is 1.32 bits per heavy atom. The Morgan fingerprint density at radius 2 is 1.12 bits per heavy atom. The van der Waals surface area contributed by atoms with Gasteiger partial charge < -0.3 is 20.6 Å². The molecule has 0 aliphatic carbocycles. The molecule has 0 atom stereocenters. The average molecular weight is 395 g/mol. The molecular weight excluding hydrogens is 381 g/mol. The molecule has 1 aliphatic rings. The Hall–Kier alpha value is -1.28. The zero-order valence-electron chi connectivity index (χ0n) is 12.2. The third-order valence-corrected chi connectivity index (χ3v) is 3.09. The molecule has 1 fully saturated rings. The minimum Gasteiger partial charge on any atom is -0.477 e. The van der Waals surface area contributed by atoms with Crippen molar-refractivity contribution in [1.82, 2.24) is 5.32 Å². The number of nitrogens with one attached hydrogen (secondary N) is 1. The van der Waals surface area contributed by atoms with E-state index in [0.29, 0.717) is 0 Å². The van der Waals surface area contributed by atoms with Gasteiger partial charge in [-0.2, -0.15) is 39.5 Å². The van der Waals surface area contributed by atoms with E-state index in [4.69, 9.17) is 15.3 Å². The Labute approximate surface area is 134 Å². The first kappa shape index (κ1) is 23.7. The van der Waals surface area contributed by atoms with E-state index in [1.807, 2.05) is 0 Å². The number of carboxylic acids is 1. The lowest BCUT2D eigenvalue weighted by molar-refractivity contribution is -0.433. The Morgan fingerprint density at radius 1 is 0.720 bits per heavy atom. The van der Waals surface area contributed by atoms with Crippen molar-refractivity contribution in [2.24, 2.45) is 0 Å². The summed E-state index contributed by atoms with van der Waals surface area (Å²) >= 11 is 0. The van der Waals surface area contributed by atoms with Gasteiger partial charge in [0.1, 0.15) is 0 Å². The van der Waals surface area contributed by atoms with E-state index in [1.165, 1.54) is 32.4 Å². The summed E-state index contributed by atoms with van der Waals surface area (Å²) in [7, 11) is 0. The summed E-state index contributed by atoms with van der Waals surface area (Å²) in [6, 6.07) is 0. The van der Waals surface area contributed by atoms with Crippen LogP contribution in [0.25, 0.3) is 0 Å². The number of aliphatic carboxylic acids is 1. The number of halogens is 9. The Bertz CT molecular complexity index is 449. The summed E-state index contributed by atoms with van der Waals surface area (Å²) in [6.45, 7) is 2.50. The van der Waals surface area contributed by atoms with E-state index in [0.717, 1.165) is 0 Å². The van der Waals surface area contributed by atoms with Crippen LogP contribution in [-0.2, 0) is 4.79 Å². The molecule has 0 aromatic rings. The number of carbonyl (C=O) groups is 1. The molecule has 150 valence electrons. The number of alkyl halides is 9. The third kappa shape index (κ3) is 4.47. The van der Waals surface area contributed by atoms with Crippen molar-refractivity contribution >= 4 is 5.97 Å². The Kier molecular flexibility index (Phi) is 7.15. The number of aliphatic hydroxyl groups is 2. The van der Waals surface area contributed by atoms with Crippen LogP contribution in [0, 0.1) is 0 Å². The Balaban J connectivity index is 0.000000796. The van der Waals surface area contributed by atoms with Crippen LogP contribution >= 0.6 is 0 Å². The molecule has 14 heteroatoms. The van der Waals surface area contributed by atoms with Crippen molar-refractivity contribution < 1.29 is 59.6 Å². The molecule has 1 saturated heterocycles. The van der Waals surface area contributed by atoms with Crippen molar-refractivity contribution in [2.45, 2.75) is 49.0 Å². The van der Waals surface area contributed by atoms with Crippen LogP contribution < -0.4 is 5.32 Å². The molecule has 0 aromatic heterocycles. The van der Waals surface area contributed by atoms with Gasteiger partial charge in [-0.1, -0.05) is 6.42 Å². The quantitative estimate of drug-likeness (QED) is 0.432. The highest BCUT2D eigenvalue weighted by Gasteiger charge is 2.87. The summed E-state index contributed by atoms with van der Waals surface area (Å²) in [4.78, 5) is 9.85. The first-order chi connectivity index (χ1) is 10.9. The maximum Gasteiger partial charge on any atom is 0.460 e. The van der Waals surface area contributed by atoms with Crippen molar-refractivity contribution in [2.75, 3.05) is 13.1 Å². The zero-order valence-corrected chi connectivity index (χ0v) is 12.2. The number of piperidine rings is 1. The lowest BCUT2D eigenvalue weighted by atomic mass is 9.96. The van der Waals surface area contributed by atoms with E-state index >= 15 is 0 Å². The van der Waals surface area contributed by atoms with Crippen LogP contribution in [0.2, 0.25) is 0 Å². The van der Waals surface area contributed by atoms with E-state index < -0.39 is 35.7 Å². The lowest BCUT2D eigenvalue weighted by Gasteiger charge is -2.37. The number of hydrogen-bond donors (Lipinski definition) is 4. The predicted octanol–water partition coefficient (Wildman–Crippen LogP) is 1.98. The summed E-state index contributed by atoms with van der Waals surface area (Å²) in [6.07, 6.45) is -2.97. The summed E-state index contributed by atoms with van der Waals surface area (Å²) < 4.78 is 110. The molecule has 0 radical (unpaired) electrons. The second-order valence-corrected chi connectivity index (χ2v) is 5.01. The van der Waals surface area contributed by atoms with E-state index in [2.05, 4.69) is 5.32 Å². The van der Waals surface area contributed by atoms with Gasteiger partial charge in [0, 0.05) is 0 Å². The number of rotatable bonds is 4. The van der Waals surface area contributed by atoms with Gasteiger partial charge in [-0.05, 0) is 25.9 Å². The topological polar surface area (TPSA) is 89.8 Å². The maximum atomic E-state index is 12.6. The van der Waals surface area contributed by atoms with E-state index in [9.17, 15) is 44.3 Å². The number of carboxylic acid groups (broad SMARTS) is 1. The first-order valence-electron chi connectivity index (χ1n) is 6.53. The summed E-state index contributed by atoms with van der Waals surface area (Å²) in [5.41, 5.74) is 0. The van der Waals surface area contributed by atoms with Crippen LogP contribution in [-0.4, -0.2) is 64.1 Å². The van der Waals surface area contributed by atoms with Crippen LogP contribution in [0.1, 0.15) is 19.3 Å². The highest BCUT2D eigenvalue weighted by molar-refractivity contribution is 5.76. The van der Waals surface area contributed by atoms with Crippen molar-refractivity contribution in [3.63, 3.8) is 0 Å². The second-order valence-electron chi connectivity index (χ2n) is 5.01. The van der Waals surface area contributed by atoms with Crippen LogP contribution in [0.4, 0.5) is 39.5 Å².